The molecule has 1 aromatic carbocycles. The molecule has 1 heterocycles. The maximum Gasteiger partial charge on any atom is 0.180 e. The van der Waals surface area contributed by atoms with Crippen LogP contribution in [0.4, 0.5) is 0 Å². The van der Waals surface area contributed by atoms with Crippen LogP contribution in [0, 0.1) is 12.3 Å². The van der Waals surface area contributed by atoms with Gasteiger partial charge in [-0.1, -0.05) is 38.5 Å². The molecule has 0 N–H and O–H groups in total. The topological polar surface area (TPSA) is 43.4 Å². The largest absolute Gasteiger partial charge is 0.373 e. The van der Waals surface area contributed by atoms with Gasteiger partial charge in [-0.25, -0.2) is 8.42 Å². The van der Waals surface area contributed by atoms with E-state index in [1.165, 1.54) is 0 Å². The molecule has 1 aromatic rings. The molecule has 0 radical (unpaired) electrons. The first-order valence-electron chi connectivity index (χ1n) is 7.63. The number of rotatable bonds is 3. The smallest absolute Gasteiger partial charge is 0.180 e. The van der Waals surface area contributed by atoms with Crippen molar-refractivity contribution in [2.75, 3.05) is 5.75 Å². The van der Waals surface area contributed by atoms with Crippen LogP contribution in [0.25, 0.3) is 0 Å². The van der Waals surface area contributed by atoms with Gasteiger partial charge in [-0.2, -0.15) is 0 Å². The molecule has 0 saturated carbocycles. The second kappa shape index (κ2) is 6.09. The lowest BCUT2D eigenvalue weighted by Gasteiger charge is -2.37. The van der Waals surface area contributed by atoms with Crippen LogP contribution >= 0.6 is 0 Å². The van der Waals surface area contributed by atoms with Crippen LogP contribution in [0.2, 0.25) is 0 Å². The first kappa shape index (κ1) is 16.5. The van der Waals surface area contributed by atoms with Gasteiger partial charge in [0.25, 0.3) is 0 Å². The number of benzene rings is 1. The van der Waals surface area contributed by atoms with E-state index in [4.69, 9.17) is 4.74 Å². The summed E-state index contributed by atoms with van der Waals surface area (Å²) in [5.41, 5.74) is 1.13. The fraction of sp³-hybridized carbons (Fsp3) is 0.647. The molecule has 3 nitrogen and oxygen atoms in total. The summed E-state index contributed by atoms with van der Waals surface area (Å²) >= 11 is 0. The van der Waals surface area contributed by atoms with Crippen molar-refractivity contribution in [1.82, 2.24) is 0 Å². The zero-order chi connectivity index (χ0) is 15.7. The van der Waals surface area contributed by atoms with Gasteiger partial charge in [-0.15, -0.1) is 0 Å². The van der Waals surface area contributed by atoms with Crippen molar-refractivity contribution < 1.29 is 13.2 Å². The molecule has 1 aliphatic rings. The Labute approximate surface area is 128 Å². The number of aryl methyl sites for hydroxylation is 1. The fourth-order valence-electron chi connectivity index (χ4n) is 2.75. The third-order valence-electron chi connectivity index (χ3n) is 4.10. The van der Waals surface area contributed by atoms with Crippen molar-refractivity contribution >= 4 is 9.84 Å². The molecule has 118 valence electrons. The lowest BCUT2D eigenvalue weighted by Crippen LogP contribution is -2.39. The Morgan fingerprint density at radius 2 is 1.76 bits per heavy atom. The van der Waals surface area contributed by atoms with Crippen molar-refractivity contribution in [3.8, 4) is 0 Å². The second-order valence-electron chi connectivity index (χ2n) is 7.14. The third-order valence-corrected chi connectivity index (χ3v) is 5.90. The highest BCUT2D eigenvalue weighted by Gasteiger charge is 2.33. The predicted molar refractivity (Wildman–Crippen MR) is 85.2 cm³/mol. The van der Waals surface area contributed by atoms with Crippen LogP contribution in [-0.2, 0) is 14.6 Å². The number of hydrogen-bond acceptors (Lipinski definition) is 3. The van der Waals surface area contributed by atoms with Crippen LogP contribution in [0.15, 0.2) is 29.2 Å². The summed E-state index contributed by atoms with van der Waals surface area (Å²) in [5.74, 6) is 0.0860. The molecule has 2 atom stereocenters. The summed E-state index contributed by atoms with van der Waals surface area (Å²) in [6.45, 7) is 8.39. The maximum absolute atomic E-state index is 12.5. The second-order valence-corrected chi connectivity index (χ2v) is 9.17. The summed E-state index contributed by atoms with van der Waals surface area (Å²) in [5, 5.41) is 0. The van der Waals surface area contributed by atoms with E-state index in [0.29, 0.717) is 4.90 Å². The molecular formula is C17H26O3S. The lowest BCUT2D eigenvalue weighted by molar-refractivity contribution is -0.0889. The standard InChI is InChI=1S/C17H26O3S/c1-13-8-10-15(11-9-13)21(18,19)12-14-6-5-7-16(20-14)17(2,3)4/h8-11,14,16H,5-7,12H2,1-4H3/t14-,16+/m0/s1. The van der Waals surface area contributed by atoms with Crippen molar-refractivity contribution in [1.29, 1.82) is 0 Å². The van der Waals surface area contributed by atoms with Gasteiger partial charge < -0.3 is 4.74 Å². The van der Waals surface area contributed by atoms with Crippen molar-refractivity contribution in [2.45, 2.75) is 64.1 Å². The van der Waals surface area contributed by atoms with Gasteiger partial charge in [0.2, 0.25) is 0 Å². The van der Waals surface area contributed by atoms with E-state index in [-0.39, 0.29) is 23.4 Å². The first-order valence-corrected chi connectivity index (χ1v) is 9.28. The molecule has 1 aliphatic heterocycles. The van der Waals surface area contributed by atoms with Crippen LogP contribution in [0.3, 0.4) is 0 Å². The zero-order valence-electron chi connectivity index (χ0n) is 13.4. The van der Waals surface area contributed by atoms with Crippen LogP contribution in [-0.4, -0.2) is 26.4 Å². The highest BCUT2D eigenvalue weighted by Crippen LogP contribution is 2.33. The quantitative estimate of drug-likeness (QED) is 0.854. The Hall–Kier alpha value is -0.870. The average Bonchev–Trinajstić information content (AvgIpc) is 2.38. The number of ether oxygens (including phenoxy) is 1. The molecule has 0 amide bonds. The Morgan fingerprint density at radius 3 is 2.33 bits per heavy atom. The van der Waals surface area contributed by atoms with Crippen molar-refractivity contribution in [3.05, 3.63) is 29.8 Å². The minimum absolute atomic E-state index is 0.0618. The van der Waals surface area contributed by atoms with Gasteiger partial charge in [-0.3, -0.25) is 0 Å². The minimum Gasteiger partial charge on any atom is -0.373 e. The Kier molecular flexibility index (Phi) is 4.79. The van der Waals surface area contributed by atoms with Gasteiger partial charge in [0.05, 0.1) is 22.9 Å². The summed E-state index contributed by atoms with van der Waals surface area (Å²) in [7, 11) is -3.27. The summed E-state index contributed by atoms with van der Waals surface area (Å²) in [6, 6.07) is 7.06. The summed E-state index contributed by atoms with van der Waals surface area (Å²) in [6.07, 6.45) is 2.84. The number of hydrogen-bond donors (Lipinski definition) is 0. The van der Waals surface area contributed by atoms with E-state index >= 15 is 0 Å². The Balaban J connectivity index is 2.08. The van der Waals surface area contributed by atoms with Gasteiger partial charge in [0, 0.05) is 0 Å². The maximum atomic E-state index is 12.5. The molecule has 1 saturated heterocycles. The molecule has 21 heavy (non-hydrogen) atoms. The summed E-state index contributed by atoms with van der Waals surface area (Å²) in [4.78, 5) is 0.398. The van der Waals surface area contributed by atoms with Gasteiger partial charge in [0.15, 0.2) is 9.84 Å². The van der Waals surface area contributed by atoms with Crippen LogP contribution < -0.4 is 0 Å². The molecule has 4 heteroatoms. The van der Waals surface area contributed by atoms with E-state index in [9.17, 15) is 8.42 Å². The normalized spacial score (nSPS) is 24.0. The van der Waals surface area contributed by atoms with E-state index < -0.39 is 9.84 Å². The van der Waals surface area contributed by atoms with E-state index in [1.54, 1.807) is 12.1 Å². The lowest BCUT2D eigenvalue weighted by atomic mass is 9.84. The van der Waals surface area contributed by atoms with E-state index in [1.807, 2.05) is 19.1 Å². The average molecular weight is 310 g/mol. The summed E-state index contributed by atoms with van der Waals surface area (Å²) < 4.78 is 31.0. The monoisotopic (exact) mass is 310 g/mol. The fourth-order valence-corrected chi connectivity index (χ4v) is 4.22. The van der Waals surface area contributed by atoms with E-state index in [0.717, 1.165) is 24.8 Å². The molecule has 0 unspecified atom stereocenters. The molecule has 0 spiro atoms. The molecule has 0 aliphatic carbocycles. The highest BCUT2D eigenvalue weighted by atomic mass is 32.2. The van der Waals surface area contributed by atoms with Crippen molar-refractivity contribution in [3.63, 3.8) is 0 Å². The SMILES string of the molecule is Cc1ccc(S(=O)(=O)C[C@@H]2CCC[C@H](C(C)(C)C)O2)cc1. The minimum atomic E-state index is -3.27. The zero-order valence-corrected chi connectivity index (χ0v) is 14.2. The number of sulfone groups is 1. The Bertz CT molecular complexity index is 567. The first-order chi connectivity index (χ1) is 9.68. The van der Waals surface area contributed by atoms with Gasteiger partial charge >= 0.3 is 0 Å². The molecule has 2 rings (SSSR count). The van der Waals surface area contributed by atoms with Crippen LogP contribution in [0.5, 0.6) is 0 Å². The van der Waals surface area contributed by atoms with Gasteiger partial charge in [0.1, 0.15) is 0 Å². The molecule has 1 fully saturated rings. The van der Waals surface area contributed by atoms with Crippen molar-refractivity contribution in [2.24, 2.45) is 5.41 Å². The molecular weight excluding hydrogens is 284 g/mol. The molecule has 0 bridgehead atoms. The third kappa shape index (κ3) is 4.30. The molecule has 0 aromatic heterocycles. The highest BCUT2D eigenvalue weighted by molar-refractivity contribution is 7.91. The predicted octanol–water partition coefficient (Wildman–Crippen LogP) is 3.75. The van der Waals surface area contributed by atoms with E-state index in [2.05, 4.69) is 20.8 Å². The van der Waals surface area contributed by atoms with Gasteiger partial charge in [-0.05, 0) is 43.7 Å². The Morgan fingerprint density at radius 1 is 1.14 bits per heavy atom. The van der Waals surface area contributed by atoms with Crippen LogP contribution in [0.1, 0.15) is 45.6 Å².